The van der Waals surface area contributed by atoms with Gasteiger partial charge in [0.1, 0.15) is 12.4 Å². The molecule has 0 spiro atoms. The average Bonchev–Trinajstić information content (AvgIpc) is 3.28. The lowest BCUT2D eigenvalue weighted by molar-refractivity contribution is -0.147. The smallest absolute Gasteiger partial charge is 0.333 e. The van der Waals surface area contributed by atoms with Crippen molar-refractivity contribution in [3.05, 3.63) is 64.0 Å². The number of esters is 1. The third-order valence-electron chi connectivity index (χ3n) is 6.09. The van der Waals surface area contributed by atoms with Gasteiger partial charge in [0.05, 0.1) is 5.69 Å². The minimum Gasteiger partial charge on any atom is -0.489 e. The molecule has 1 aliphatic rings. The molecule has 1 atom stereocenters. The van der Waals surface area contributed by atoms with Crippen molar-refractivity contribution in [2.75, 3.05) is 11.9 Å². The summed E-state index contributed by atoms with van der Waals surface area (Å²) in [7, 11) is 0. The number of carbonyl (C=O) groups excluding carboxylic acids is 1. The summed E-state index contributed by atoms with van der Waals surface area (Å²) >= 11 is 0. The number of alkyl halides is 2. The Balaban J connectivity index is 1.59. The maximum Gasteiger partial charge on any atom is 0.333 e. The first kappa shape index (κ1) is 22.8. The molecule has 174 valence electrons. The predicted molar refractivity (Wildman–Crippen MR) is 122 cm³/mol. The Morgan fingerprint density at radius 1 is 1.21 bits per heavy atom. The number of fused-ring (bicyclic) bond motifs is 1. The minimum absolute atomic E-state index is 0.309. The molecule has 0 fully saturated rings. The second-order valence-electron chi connectivity index (χ2n) is 8.32. The molecule has 2 aromatic carbocycles. The van der Waals surface area contributed by atoms with E-state index in [-0.39, 0.29) is 12.1 Å². The minimum atomic E-state index is -2.68. The van der Waals surface area contributed by atoms with E-state index in [1.807, 2.05) is 44.2 Å². The number of anilines is 1. The van der Waals surface area contributed by atoms with Gasteiger partial charge in [-0.05, 0) is 62.1 Å². The molecule has 8 heteroatoms. The zero-order valence-corrected chi connectivity index (χ0v) is 19.3. The molecule has 6 nitrogen and oxygen atoms in total. The number of hydrogen-bond acceptors (Lipinski definition) is 5. The molecule has 33 heavy (non-hydrogen) atoms. The van der Waals surface area contributed by atoms with Gasteiger partial charge in [0, 0.05) is 42.0 Å². The van der Waals surface area contributed by atoms with E-state index in [4.69, 9.17) is 9.47 Å². The molecule has 0 saturated heterocycles. The maximum absolute atomic E-state index is 13.4. The van der Waals surface area contributed by atoms with Crippen LogP contribution in [0.25, 0.3) is 11.1 Å². The van der Waals surface area contributed by atoms with Crippen molar-refractivity contribution in [2.24, 2.45) is 0 Å². The lowest BCUT2D eigenvalue weighted by Crippen LogP contribution is -2.09. The third-order valence-corrected chi connectivity index (χ3v) is 6.09. The quantitative estimate of drug-likeness (QED) is 0.477. The number of carbonyl (C=O) groups is 1. The van der Waals surface area contributed by atoms with E-state index in [2.05, 4.69) is 10.4 Å². The number of aryl methyl sites for hydroxylation is 2. The fourth-order valence-corrected chi connectivity index (χ4v) is 4.47. The highest BCUT2D eigenvalue weighted by atomic mass is 19.3. The number of rotatable bonds is 6. The van der Waals surface area contributed by atoms with Crippen LogP contribution in [-0.4, -0.2) is 22.4 Å². The fourth-order valence-electron chi connectivity index (χ4n) is 4.47. The zero-order chi connectivity index (χ0) is 23.9. The first-order valence-electron chi connectivity index (χ1n) is 10.8. The van der Waals surface area contributed by atoms with Gasteiger partial charge in [-0.25, -0.2) is 4.68 Å². The average molecular weight is 456 g/mol. The van der Waals surface area contributed by atoms with Crippen LogP contribution in [0.2, 0.25) is 0 Å². The molecule has 2 heterocycles. The monoisotopic (exact) mass is 455 g/mol. The third kappa shape index (κ3) is 4.29. The van der Waals surface area contributed by atoms with Gasteiger partial charge >= 0.3 is 12.5 Å². The molecule has 0 bridgehead atoms. The largest absolute Gasteiger partial charge is 0.489 e. The summed E-state index contributed by atoms with van der Waals surface area (Å²) in [5.74, 6) is 0.354. The Labute approximate surface area is 191 Å². The van der Waals surface area contributed by atoms with Gasteiger partial charge in [-0.3, -0.25) is 4.79 Å². The molecule has 0 radical (unpaired) electrons. The number of halogens is 2. The normalized spacial score (nSPS) is 14.8. The molecule has 0 aliphatic carbocycles. The topological polar surface area (TPSA) is 65.4 Å². The molecule has 0 saturated carbocycles. The summed E-state index contributed by atoms with van der Waals surface area (Å²) in [4.78, 5) is 11.3. The lowest BCUT2D eigenvalue weighted by Gasteiger charge is -2.17. The van der Waals surface area contributed by atoms with E-state index >= 15 is 0 Å². The van der Waals surface area contributed by atoms with Gasteiger partial charge < -0.3 is 14.8 Å². The fraction of sp³-hybridized carbons (Fsp3) is 0.360. The van der Waals surface area contributed by atoms with Crippen molar-refractivity contribution in [2.45, 2.75) is 53.8 Å². The second kappa shape index (κ2) is 8.84. The Kier molecular flexibility index (Phi) is 6.10. The first-order chi connectivity index (χ1) is 15.7. The highest BCUT2D eigenvalue weighted by Crippen LogP contribution is 2.38. The molecule has 1 N–H and O–H groups in total. The first-order valence-corrected chi connectivity index (χ1v) is 10.8. The van der Waals surface area contributed by atoms with Gasteiger partial charge in [0.15, 0.2) is 6.10 Å². The van der Waals surface area contributed by atoms with E-state index < -0.39 is 6.55 Å². The highest BCUT2D eigenvalue weighted by molar-refractivity contribution is 5.76. The maximum atomic E-state index is 13.4. The molecule has 0 unspecified atom stereocenters. The summed E-state index contributed by atoms with van der Waals surface area (Å²) in [6.07, 6.45) is -0.380. The van der Waals surface area contributed by atoms with Crippen molar-refractivity contribution in [3.63, 3.8) is 0 Å². The summed E-state index contributed by atoms with van der Waals surface area (Å²) in [6.45, 7) is 7.00. The van der Waals surface area contributed by atoms with Crippen molar-refractivity contribution >= 4 is 11.7 Å². The lowest BCUT2D eigenvalue weighted by atomic mass is 9.91. The number of benzene rings is 2. The SMILES string of the molecule is CC(=O)O[C@@H]1COc2cc(NCc3ccc(C)c(-c4c(C)nn(C(F)F)c4C)c3C)ccc21. The second-order valence-corrected chi connectivity index (χ2v) is 8.32. The molecule has 3 aromatic rings. The van der Waals surface area contributed by atoms with Crippen LogP contribution >= 0.6 is 0 Å². The van der Waals surface area contributed by atoms with E-state index in [0.717, 1.165) is 43.7 Å². The molecule has 0 amide bonds. The Morgan fingerprint density at radius 3 is 2.64 bits per heavy atom. The van der Waals surface area contributed by atoms with Gasteiger partial charge in [0.25, 0.3) is 0 Å². The molecule has 1 aliphatic heterocycles. The van der Waals surface area contributed by atoms with E-state index in [1.165, 1.54) is 6.92 Å². The highest BCUT2D eigenvalue weighted by Gasteiger charge is 2.27. The van der Waals surface area contributed by atoms with Crippen LogP contribution in [0, 0.1) is 27.7 Å². The van der Waals surface area contributed by atoms with E-state index in [1.54, 1.807) is 13.8 Å². The predicted octanol–water partition coefficient (Wildman–Crippen LogP) is 5.79. The molecule has 1 aromatic heterocycles. The number of hydrogen-bond donors (Lipinski definition) is 1. The number of nitrogens with one attached hydrogen (secondary N) is 1. The van der Waals surface area contributed by atoms with Crippen molar-refractivity contribution < 1.29 is 23.0 Å². The van der Waals surface area contributed by atoms with Crippen molar-refractivity contribution in [1.29, 1.82) is 0 Å². The number of ether oxygens (including phenoxy) is 2. The Morgan fingerprint density at radius 2 is 1.97 bits per heavy atom. The van der Waals surface area contributed by atoms with Crippen LogP contribution < -0.4 is 10.1 Å². The summed E-state index contributed by atoms with van der Waals surface area (Å²) in [5.41, 5.74) is 7.56. The van der Waals surface area contributed by atoms with Crippen LogP contribution in [-0.2, 0) is 16.1 Å². The Bertz CT molecular complexity index is 1220. The van der Waals surface area contributed by atoms with Crippen molar-refractivity contribution in [1.82, 2.24) is 9.78 Å². The van der Waals surface area contributed by atoms with E-state index in [9.17, 15) is 13.6 Å². The van der Waals surface area contributed by atoms with Crippen LogP contribution in [0.1, 0.15) is 53.2 Å². The Hall–Kier alpha value is -3.42. The van der Waals surface area contributed by atoms with Crippen molar-refractivity contribution in [3.8, 4) is 16.9 Å². The van der Waals surface area contributed by atoms with Gasteiger partial charge in [-0.15, -0.1) is 0 Å². The van der Waals surface area contributed by atoms with Gasteiger partial charge in [-0.2, -0.15) is 13.9 Å². The summed E-state index contributed by atoms with van der Waals surface area (Å²) in [6, 6.07) is 9.77. The van der Waals surface area contributed by atoms with E-state index in [0.29, 0.717) is 30.3 Å². The molecule has 4 rings (SSSR count). The standard InChI is InChI=1S/C25H27F2N3O3/c1-13-6-7-18(14(2)23(13)24-15(3)29-30(16(24)4)25(26)27)11-28-19-8-9-20-21(10-19)32-12-22(20)33-17(5)31/h6-10,22,25,28H,11-12H2,1-5H3/t22-/m1/s1. The van der Waals surface area contributed by atoms with Gasteiger partial charge in [0.2, 0.25) is 0 Å². The molecular weight excluding hydrogens is 428 g/mol. The summed E-state index contributed by atoms with van der Waals surface area (Å²) in [5, 5.41) is 7.46. The summed E-state index contributed by atoms with van der Waals surface area (Å²) < 4.78 is 38.5. The number of aromatic nitrogens is 2. The van der Waals surface area contributed by atoms with Crippen LogP contribution in [0.4, 0.5) is 14.5 Å². The van der Waals surface area contributed by atoms with Crippen LogP contribution in [0.3, 0.4) is 0 Å². The zero-order valence-electron chi connectivity index (χ0n) is 19.3. The number of nitrogens with zero attached hydrogens (tertiary/aromatic N) is 2. The van der Waals surface area contributed by atoms with Gasteiger partial charge in [-0.1, -0.05) is 12.1 Å². The molecular formula is C25H27F2N3O3. The van der Waals surface area contributed by atoms with Crippen LogP contribution in [0.15, 0.2) is 30.3 Å². The van der Waals surface area contributed by atoms with Crippen LogP contribution in [0.5, 0.6) is 5.75 Å².